The zero-order valence-corrected chi connectivity index (χ0v) is 17.5. The van der Waals surface area contributed by atoms with Gasteiger partial charge < -0.3 is 10.1 Å². The summed E-state index contributed by atoms with van der Waals surface area (Å²) in [4.78, 5) is 26.7. The molecule has 0 saturated carbocycles. The zero-order valence-electron chi connectivity index (χ0n) is 14.3. The fourth-order valence-electron chi connectivity index (χ4n) is 2.40. The van der Waals surface area contributed by atoms with Crippen molar-refractivity contribution in [1.82, 2.24) is 4.90 Å². The summed E-state index contributed by atoms with van der Waals surface area (Å²) < 4.78 is 6.37. The van der Waals surface area contributed by atoms with Crippen molar-refractivity contribution in [2.75, 3.05) is 19.0 Å². The van der Waals surface area contributed by atoms with Crippen LogP contribution in [-0.4, -0.2) is 34.7 Å². The van der Waals surface area contributed by atoms with Gasteiger partial charge >= 0.3 is 0 Å². The number of amides is 2. The van der Waals surface area contributed by atoms with Gasteiger partial charge in [0.15, 0.2) is 0 Å². The van der Waals surface area contributed by atoms with E-state index >= 15 is 0 Å². The maximum atomic E-state index is 12.6. The molecule has 0 bridgehead atoms. The standard InChI is InChI=1S/C19H15BrN2O3S2/c1-25-15-7-5-14(6-8-15)21-17(23)11-22-18(24)16(27-19(22)26)10-12-3-2-4-13(20)9-12/h2-10H,11H2,1H3,(H,21,23)/b16-10-. The topological polar surface area (TPSA) is 58.6 Å². The number of nitrogens with one attached hydrogen (secondary N) is 1. The quantitative estimate of drug-likeness (QED) is 0.530. The molecular formula is C19H15BrN2O3S2. The lowest BCUT2D eigenvalue weighted by atomic mass is 10.2. The molecule has 1 aliphatic heterocycles. The van der Waals surface area contributed by atoms with E-state index in [1.165, 1.54) is 16.7 Å². The lowest BCUT2D eigenvalue weighted by molar-refractivity contribution is -0.126. The van der Waals surface area contributed by atoms with E-state index in [1.54, 1.807) is 37.5 Å². The lowest BCUT2D eigenvalue weighted by Gasteiger charge is -2.14. The Hall–Kier alpha value is -2.16. The number of carbonyl (C=O) groups excluding carboxylic acids is 2. The molecular weight excluding hydrogens is 448 g/mol. The van der Waals surface area contributed by atoms with Crippen molar-refractivity contribution in [2.24, 2.45) is 0 Å². The molecule has 8 heteroatoms. The van der Waals surface area contributed by atoms with Gasteiger partial charge in [-0.2, -0.15) is 0 Å². The van der Waals surface area contributed by atoms with Gasteiger partial charge in [0.1, 0.15) is 16.6 Å². The Kier molecular flexibility index (Phi) is 6.30. The Morgan fingerprint density at radius 1 is 1.30 bits per heavy atom. The molecule has 1 aliphatic rings. The summed E-state index contributed by atoms with van der Waals surface area (Å²) in [5, 5.41) is 2.75. The number of hydrogen-bond donors (Lipinski definition) is 1. The van der Waals surface area contributed by atoms with E-state index < -0.39 is 0 Å². The Bertz CT molecular complexity index is 929. The number of carbonyl (C=O) groups is 2. The van der Waals surface area contributed by atoms with Crippen molar-refractivity contribution >= 4 is 67.8 Å². The summed E-state index contributed by atoms with van der Waals surface area (Å²) >= 11 is 9.87. The van der Waals surface area contributed by atoms with Crippen molar-refractivity contribution in [3.63, 3.8) is 0 Å². The van der Waals surface area contributed by atoms with Crippen LogP contribution in [0.25, 0.3) is 6.08 Å². The molecule has 1 saturated heterocycles. The Morgan fingerprint density at radius 3 is 2.70 bits per heavy atom. The van der Waals surface area contributed by atoms with Crippen molar-refractivity contribution in [3.05, 3.63) is 63.5 Å². The molecule has 0 aliphatic carbocycles. The smallest absolute Gasteiger partial charge is 0.266 e. The van der Waals surface area contributed by atoms with Gasteiger partial charge in [0, 0.05) is 10.2 Å². The van der Waals surface area contributed by atoms with Crippen LogP contribution in [0.4, 0.5) is 5.69 Å². The van der Waals surface area contributed by atoms with Crippen LogP contribution >= 0.6 is 39.9 Å². The number of ether oxygens (including phenoxy) is 1. The average molecular weight is 463 g/mol. The van der Waals surface area contributed by atoms with Crippen LogP contribution < -0.4 is 10.1 Å². The van der Waals surface area contributed by atoms with Gasteiger partial charge in [0.25, 0.3) is 5.91 Å². The Balaban J connectivity index is 1.67. The first-order valence-electron chi connectivity index (χ1n) is 7.91. The van der Waals surface area contributed by atoms with Crippen molar-refractivity contribution in [3.8, 4) is 5.75 Å². The molecule has 0 unspecified atom stereocenters. The third kappa shape index (κ3) is 4.97. The van der Waals surface area contributed by atoms with E-state index in [1.807, 2.05) is 24.3 Å². The van der Waals surface area contributed by atoms with Gasteiger partial charge in [0.2, 0.25) is 5.91 Å². The fraction of sp³-hybridized carbons (Fsp3) is 0.105. The van der Waals surface area contributed by atoms with Crippen LogP contribution in [0.1, 0.15) is 5.56 Å². The molecule has 27 heavy (non-hydrogen) atoms. The molecule has 0 atom stereocenters. The van der Waals surface area contributed by atoms with E-state index in [9.17, 15) is 9.59 Å². The van der Waals surface area contributed by atoms with Crippen molar-refractivity contribution < 1.29 is 14.3 Å². The summed E-state index contributed by atoms with van der Waals surface area (Å²) in [6, 6.07) is 14.6. The molecule has 1 heterocycles. The van der Waals surface area contributed by atoms with Crippen LogP contribution in [0.15, 0.2) is 57.9 Å². The van der Waals surface area contributed by atoms with Gasteiger partial charge in [-0.3, -0.25) is 14.5 Å². The third-order valence-electron chi connectivity index (χ3n) is 3.70. The highest BCUT2D eigenvalue weighted by molar-refractivity contribution is 9.10. The molecule has 5 nitrogen and oxygen atoms in total. The van der Waals surface area contributed by atoms with Gasteiger partial charge in [-0.05, 0) is 48.0 Å². The molecule has 1 N–H and O–H groups in total. The maximum Gasteiger partial charge on any atom is 0.266 e. The second-order valence-electron chi connectivity index (χ2n) is 5.60. The zero-order chi connectivity index (χ0) is 19.4. The number of methoxy groups -OCH3 is 1. The van der Waals surface area contributed by atoms with Gasteiger partial charge in [-0.1, -0.05) is 52.0 Å². The molecule has 1 fully saturated rings. The highest BCUT2D eigenvalue weighted by atomic mass is 79.9. The molecule has 138 valence electrons. The van der Waals surface area contributed by atoms with Crippen molar-refractivity contribution in [2.45, 2.75) is 0 Å². The summed E-state index contributed by atoms with van der Waals surface area (Å²) in [7, 11) is 1.57. The van der Waals surface area contributed by atoms with E-state index in [0.29, 0.717) is 20.7 Å². The highest BCUT2D eigenvalue weighted by Gasteiger charge is 2.33. The fourth-order valence-corrected chi connectivity index (χ4v) is 4.07. The molecule has 2 aromatic rings. The molecule has 3 rings (SSSR count). The predicted octanol–water partition coefficient (Wildman–Crippen LogP) is 4.30. The number of benzene rings is 2. The first-order valence-corrected chi connectivity index (χ1v) is 9.93. The summed E-state index contributed by atoms with van der Waals surface area (Å²) in [5.74, 6) is 0.109. The summed E-state index contributed by atoms with van der Waals surface area (Å²) in [5.41, 5.74) is 1.50. The number of thiocarbonyl (C=S) groups is 1. The third-order valence-corrected chi connectivity index (χ3v) is 5.57. The van der Waals surface area contributed by atoms with Crippen LogP contribution in [0.5, 0.6) is 5.75 Å². The first kappa shape index (κ1) is 19.6. The van der Waals surface area contributed by atoms with E-state index in [-0.39, 0.29) is 18.4 Å². The highest BCUT2D eigenvalue weighted by Crippen LogP contribution is 2.32. The minimum atomic E-state index is -0.319. The Morgan fingerprint density at radius 2 is 2.04 bits per heavy atom. The van der Waals surface area contributed by atoms with Crippen molar-refractivity contribution in [1.29, 1.82) is 0 Å². The van der Waals surface area contributed by atoms with Crippen LogP contribution in [0, 0.1) is 0 Å². The number of nitrogens with zero attached hydrogens (tertiary/aromatic N) is 1. The second kappa shape index (κ2) is 8.69. The van der Waals surface area contributed by atoms with Gasteiger partial charge in [-0.25, -0.2) is 0 Å². The normalized spacial score (nSPS) is 15.3. The SMILES string of the molecule is COc1ccc(NC(=O)CN2C(=O)/C(=C/c3cccc(Br)c3)SC2=S)cc1. The number of hydrogen-bond acceptors (Lipinski definition) is 5. The first-order chi connectivity index (χ1) is 13.0. The van der Waals surface area contributed by atoms with Gasteiger partial charge in [0.05, 0.1) is 12.0 Å². The largest absolute Gasteiger partial charge is 0.497 e. The van der Waals surface area contributed by atoms with Crippen LogP contribution in [-0.2, 0) is 9.59 Å². The molecule has 0 aromatic heterocycles. The van der Waals surface area contributed by atoms with Gasteiger partial charge in [-0.15, -0.1) is 0 Å². The van der Waals surface area contributed by atoms with E-state index in [2.05, 4.69) is 21.2 Å². The monoisotopic (exact) mass is 462 g/mol. The minimum Gasteiger partial charge on any atom is -0.497 e. The number of rotatable bonds is 5. The predicted molar refractivity (Wildman–Crippen MR) is 116 cm³/mol. The molecule has 2 aromatic carbocycles. The van der Waals surface area contributed by atoms with E-state index in [4.69, 9.17) is 17.0 Å². The minimum absolute atomic E-state index is 0.132. The molecule has 0 spiro atoms. The summed E-state index contributed by atoms with van der Waals surface area (Å²) in [6.07, 6.45) is 1.77. The van der Waals surface area contributed by atoms with Crippen LogP contribution in [0.2, 0.25) is 0 Å². The number of thioether (sulfide) groups is 1. The number of anilines is 1. The number of halogens is 1. The molecule has 0 radical (unpaired) electrons. The Labute approximate surface area is 174 Å². The second-order valence-corrected chi connectivity index (χ2v) is 8.19. The van der Waals surface area contributed by atoms with E-state index in [0.717, 1.165) is 10.0 Å². The maximum absolute atomic E-state index is 12.6. The van der Waals surface area contributed by atoms with Crippen LogP contribution in [0.3, 0.4) is 0 Å². The molecule has 2 amide bonds. The average Bonchev–Trinajstić information content (AvgIpc) is 2.90. The lowest BCUT2D eigenvalue weighted by Crippen LogP contribution is -2.36. The summed E-state index contributed by atoms with van der Waals surface area (Å²) in [6.45, 7) is -0.132.